The van der Waals surface area contributed by atoms with E-state index >= 15 is 0 Å². The number of aromatic amines is 1. The summed E-state index contributed by atoms with van der Waals surface area (Å²) < 4.78 is 36.2. The van der Waals surface area contributed by atoms with Gasteiger partial charge in [-0.2, -0.15) is 8.96 Å². The molecule has 2 aromatic heterocycles. The SMILES string of the molecule is CC(=O)OC[C@H]1O[C@@H](n2cc(F)c(=O)n(C(=O)c3cccc(C(=O)Oc4cc(=O)c(Cl)c[nH]4)c3)c2=O)C[C@@H]1OC(C)=O. The minimum absolute atomic E-state index is 0.0139. The van der Waals surface area contributed by atoms with E-state index in [0.29, 0.717) is 10.8 Å². The third-order valence-corrected chi connectivity index (χ3v) is 6.22. The van der Waals surface area contributed by atoms with Gasteiger partial charge in [-0.1, -0.05) is 17.7 Å². The van der Waals surface area contributed by atoms with Crippen molar-refractivity contribution in [3.8, 4) is 5.88 Å². The molecule has 0 unspecified atom stereocenters. The number of hydrogen-bond donors (Lipinski definition) is 1. The number of carbonyl (C=O) groups is 4. The lowest BCUT2D eigenvalue weighted by molar-refractivity contribution is -0.155. The van der Waals surface area contributed by atoms with Crippen molar-refractivity contribution in [3.05, 3.63) is 95.8 Å². The molecule has 3 heterocycles. The van der Waals surface area contributed by atoms with E-state index in [1.807, 2.05) is 0 Å². The first-order valence-corrected chi connectivity index (χ1v) is 12.5. The monoisotopic (exact) mass is 605 g/mol. The number of esters is 3. The minimum Gasteiger partial charge on any atom is -0.463 e. The van der Waals surface area contributed by atoms with Crippen LogP contribution in [0.15, 0.2) is 57.1 Å². The van der Waals surface area contributed by atoms with Crippen molar-refractivity contribution < 1.29 is 42.5 Å². The predicted octanol–water partition coefficient (Wildman–Crippen LogP) is 1.18. The van der Waals surface area contributed by atoms with Crippen LogP contribution in [0.4, 0.5) is 4.39 Å². The summed E-state index contributed by atoms with van der Waals surface area (Å²) in [6.45, 7) is 1.91. The van der Waals surface area contributed by atoms with Gasteiger partial charge in [0.15, 0.2) is 0 Å². The van der Waals surface area contributed by atoms with Crippen LogP contribution in [0.5, 0.6) is 5.88 Å². The molecule has 16 heteroatoms. The number of nitrogens with zero attached hydrogens (tertiary/aromatic N) is 2. The Kier molecular flexibility index (Phi) is 8.82. The van der Waals surface area contributed by atoms with Crippen molar-refractivity contribution in [1.29, 1.82) is 0 Å². The van der Waals surface area contributed by atoms with E-state index in [4.69, 9.17) is 30.5 Å². The lowest BCUT2D eigenvalue weighted by Crippen LogP contribution is -2.46. The molecule has 220 valence electrons. The zero-order valence-electron chi connectivity index (χ0n) is 21.8. The smallest absolute Gasteiger partial charge is 0.344 e. The van der Waals surface area contributed by atoms with Crippen molar-refractivity contribution in [2.75, 3.05) is 6.61 Å². The zero-order valence-corrected chi connectivity index (χ0v) is 22.6. The number of nitrogens with one attached hydrogen (secondary N) is 1. The van der Waals surface area contributed by atoms with Crippen molar-refractivity contribution in [2.24, 2.45) is 0 Å². The highest BCUT2D eigenvalue weighted by molar-refractivity contribution is 6.30. The number of rotatable bonds is 7. The highest BCUT2D eigenvalue weighted by Crippen LogP contribution is 2.30. The number of benzene rings is 1. The van der Waals surface area contributed by atoms with Crippen LogP contribution >= 0.6 is 11.6 Å². The molecule has 0 bridgehead atoms. The van der Waals surface area contributed by atoms with Crippen LogP contribution in [-0.4, -0.2) is 56.7 Å². The Morgan fingerprint density at radius 1 is 1.10 bits per heavy atom. The lowest BCUT2D eigenvalue weighted by Gasteiger charge is -2.18. The number of hydrogen-bond acceptors (Lipinski definition) is 11. The third kappa shape index (κ3) is 6.53. The van der Waals surface area contributed by atoms with Crippen LogP contribution in [0.1, 0.15) is 47.2 Å². The van der Waals surface area contributed by atoms with E-state index in [-0.39, 0.29) is 39.6 Å². The van der Waals surface area contributed by atoms with Gasteiger partial charge in [-0.15, -0.1) is 0 Å². The molecule has 1 N–H and O–H groups in total. The number of aromatic nitrogens is 3. The molecule has 3 atom stereocenters. The van der Waals surface area contributed by atoms with Crippen LogP contribution in [0.3, 0.4) is 0 Å². The maximum atomic E-state index is 14.8. The average molecular weight is 606 g/mol. The van der Waals surface area contributed by atoms with E-state index in [1.54, 1.807) is 0 Å². The van der Waals surface area contributed by atoms with Gasteiger partial charge in [-0.3, -0.25) is 28.5 Å². The first-order chi connectivity index (χ1) is 19.8. The van der Waals surface area contributed by atoms with Crippen LogP contribution in [0, 0.1) is 5.82 Å². The van der Waals surface area contributed by atoms with Gasteiger partial charge in [-0.05, 0) is 18.2 Å². The summed E-state index contributed by atoms with van der Waals surface area (Å²) in [5.74, 6) is -5.37. The first kappa shape index (κ1) is 30.1. The molecule has 1 fully saturated rings. The summed E-state index contributed by atoms with van der Waals surface area (Å²) in [7, 11) is 0. The van der Waals surface area contributed by atoms with Crippen molar-refractivity contribution >= 4 is 35.4 Å². The fraction of sp³-hybridized carbons (Fsp3) is 0.269. The van der Waals surface area contributed by atoms with Gasteiger partial charge in [-0.25, -0.2) is 9.59 Å². The molecule has 1 saturated heterocycles. The second kappa shape index (κ2) is 12.3. The van der Waals surface area contributed by atoms with Crippen LogP contribution in [0.25, 0.3) is 0 Å². The van der Waals surface area contributed by atoms with Gasteiger partial charge in [0.1, 0.15) is 30.1 Å². The number of pyridine rings is 1. The molecule has 1 aliphatic heterocycles. The second-order valence-electron chi connectivity index (χ2n) is 8.91. The second-order valence-corrected chi connectivity index (χ2v) is 9.31. The van der Waals surface area contributed by atoms with Crippen molar-refractivity contribution in [1.82, 2.24) is 14.1 Å². The van der Waals surface area contributed by atoms with E-state index in [9.17, 15) is 38.0 Å². The molecule has 1 aliphatic rings. The Hall–Kier alpha value is -4.89. The van der Waals surface area contributed by atoms with Crippen LogP contribution in [-0.2, 0) is 23.8 Å². The highest BCUT2D eigenvalue weighted by atomic mass is 35.5. The molecule has 42 heavy (non-hydrogen) atoms. The van der Waals surface area contributed by atoms with E-state index in [1.165, 1.54) is 18.2 Å². The third-order valence-electron chi connectivity index (χ3n) is 5.92. The Morgan fingerprint density at radius 3 is 2.48 bits per heavy atom. The van der Waals surface area contributed by atoms with Gasteiger partial charge in [0.2, 0.25) is 17.1 Å². The lowest BCUT2D eigenvalue weighted by atomic mass is 10.1. The Bertz CT molecular complexity index is 1760. The van der Waals surface area contributed by atoms with Crippen molar-refractivity contribution in [2.45, 2.75) is 38.7 Å². The molecule has 14 nitrogen and oxygen atoms in total. The Labute approximate surface area is 239 Å². The standard InChI is InChI=1S/C26H21ClFN3O11/c1-12(32)39-11-20-19(40-13(2)33)8-22(41-20)30-10-17(28)24(36)31(26(30)38)23(35)14-4-3-5-15(6-14)25(37)42-21-7-18(34)16(27)9-29-21/h3-7,9-10,19-20,22H,8,11H2,1-2H3,(H,29,34)/t19-,20+,22+/m0/s1. The van der Waals surface area contributed by atoms with Gasteiger partial charge in [0.05, 0.1) is 11.8 Å². The molecule has 4 rings (SSSR count). The zero-order chi connectivity index (χ0) is 30.7. The number of carbonyl (C=O) groups excluding carboxylic acids is 4. The summed E-state index contributed by atoms with van der Waals surface area (Å²) in [6.07, 6.45) is -1.92. The van der Waals surface area contributed by atoms with E-state index < -0.39 is 64.7 Å². The quantitative estimate of drug-likeness (QED) is 0.382. The van der Waals surface area contributed by atoms with Gasteiger partial charge >= 0.3 is 23.6 Å². The topological polar surface area (TPSA) is 182 Å². The normalized spacial score (nSPS) is 17.9. The van der Waals surface area contributed by atoms with E-state index in [2.05, 4.69) is 4.98 Å². The van der Waals surface area contributed by atoms with Gasteiger partial charge < -0.3 is 23.9 Å². The summed E-state index contributed by atoms with van der Waals surface area (Å²) >= 11 is 5.65. The molecular formula is C26H21ClFN3O11. The molecule has 3 aromatic rings. The fourth-order valence-corrected chi connectivity index (χ4v) is 4.16. The largest absolute Gasteiger partial charge is 0.463 e. The van der Waals surface area contributed by atoms with Gasteiger partial charge in [0.25, 0.3) is 11.5 Å². The molecule has 1 aromatic carbocycles. The number of H-pyrrole nitrogens is 1. The van der Waals surface area contributed by atoms with Crippen LogP contribution < -0.4 is 21.4 Å². The summed E-state index contributed by atoms with van der Waals surface area (Å²) in [5, 5.41) is -0.140. The number of ether oxygens (including phenoxy) is 4. The van der Waals surface area contributed by atoms with Crippen molar-refractivity contribution in [3.63, 3.8) is 0 Å². The molecule has 0 spiro atoms. The predicted molar refractivity (Wildman–Crippen MR) is 139 cm³/mol. The van der Waals surface area contributed by atoms with Gasteiger partial charge in [0, 0.05) is 38.1 Å². The highest BCUT2D eigenvalue weighted by Gasteiger charge is 2.40. The average Bonchev–Trinajstić information content (AvgIpc) is 3.33. The summed E-state index contributed by atoms with van der Waals surface area (Å²) in [4.78, 5) is 88.7. The summed E-state index contributed by atoms with van der Waals surface area (Å²) in [5.41, 5.74) is -4.05. The maximum absolute atomic E-state index is 14.8. The molecule has 0 radical (unpaired) electrons. The molecule has 0 aliphatic carbocycles. The molecule has 0 amide bonds. The first-order valence-electron chi connectivity index (χ1n) is 12.1. The minimum atomic E-state index is -1.57. The molecule has 0 saturated carbocycles. The number of halogens is 2. The summed E-state index contributed by atoms with van der Waals surface area (Å²) in [6, 6.07) is 5.60. The van der Waals surface area contributed by atoms with E-state index in [0.717, 1.165) is 32.2 Å². The Balaban J connectivity index is 1.64. The van der Waals surface area contributed by atoms with Crippen LogP contribution in [0.2, 0.25) is 5.02 Å². The Morgan fingerprint density at radius 2 is 1.81 bits per heavy atom. The maximum Gasteiger partial charge on any atom is 0.344 e. The fourth-order valence-electron chi connectivity index (χ4n) is 4.05. The molecular weight excluding hydrogens is 585 g/mol.